The summed E-state index contributed by atoms with van der Waals surface area (Å²) in [5.74, 6) is 0. The lowest BCUT2D eigenvalue weighted by molar-refractivity contribution is 0.0744. The molecule has 0 saturated heterocycles. The number of imidazole rings is 1. The van der Waals surface area contributed by atoms with Crippen LogP contribution in [0.15, 0.2) is 23.6 Å². The molecule has 0 aliphatic rings. The highest BCUT2D eigenvalue weighted by Crippen LogP contribution is 2.30. The molecule has 8 heteroatoms. The third kappa shape index (κ3) is 2.42. The van der Waals surface area contributed by atoms with Crippen LogP contribution in [0.5, 0.6) is 0 Å². The minimum absolute atomic E-state index is 0.102. The molecule has 0 aliphatic carbocycles. The van der Waals surface area contributed by atoms with Crippen molar-refractivity contribution in [3.63, 3.8) is 0 Å². The van der Waals surface area contributed by atoms with Gasteiger partial charge in [0.1, 0.15) is 16.9 Å². The summed E-state index contributed by atoms with van der Waals surface area (Å²) in [5, 5.41) is 11.1. The van der Waals surface area contributed by atoms with Gasteiger partial charge in [-0.05, 0) is 26.2 Å². The number of nitrogens with zero attached hydrogens (tertiary/aromatic N) is 4. The van der Waals surface area contributed by atoms with Gasteiger partial charge in [0.05, 0.1) is 11.3 Å². The Kier molecular flexibility index (Phi) is 3.53. The minimum Gasteiger partial charge on any atom is -0.384 e. The molecule has 22 heavy (non-hydrogen) atoms. The molecule has 5 nitrogen and oxygen atoms in total. The van der Waals surface area contributed by atoms with Gasteiger partial charge in [-0.3, -0.25) is 4.40 Å². The van der Waals surface area contributed by atoms with E-state index in [4.69, 9.17) is 0 Å². The summed E-state index contributed by atoms with van der Waals surface area (Å²) >= 11 is 1.36. The fourth-order valence-corrected chi connectivity index (χ4v) is 2.53. The number of aromatic nitrogens is 4. The van der Waals surface area contributed by atoms with E-state index in [1.165, 1.54) is 28.4 Å². The Morgan fingerprint density at radius 2 is 2.00 bits per heavy atom. The van der Waals surface area contributed by atoms with Crippen LogP contribution in [0.2, 0.25) is 0 Å². The fraction of sp³-hybridized carbons (Fsp3) is 0.357. The van der Waals surface area contributed by atoms with E-state index in [9.17, 15) is 13.9 Å². The number of pyridine rings is 1. The second kappa shape index (κ2) is 5.13. The number of aliphatic hydroxyl groups is 1. The average Bonchev–Trinajstić information content (AvgIpc) is 2.91. The number of rotatable bonds is 3. The Hall–Kier alpha value is -1.80. The first kappa shape index (κ1) is 15.1. The van der Waals surface area contributed by atoms with Crippen molar-refractivity contribution >= 4 is 28.4 Å². The molecule has 0 bridgehead atoms. The molecule has 0 aromatic carbocycles. The third-order valence-corrected chi connectivity index (χ3v) is 3.88. The van der Waals surface area contributed by atoms with Crippen molar-refractivity contribution in [2.24, 2.45) is 0 Å². The van der Waals surface area contributed by atoms with Crippen LogP contribution in [0.1, 0.15) is 31.5 Å². The van der Waals surface area contributed by atoms with Gasteiger partial charge in [0.25, 0.3) is 6.43 Å². The smallest absolute Gasteiger partial charge is 0.267 e. The van der Waals surface area contributed by atoms with Crippen molar-refractivity contribution in [2.45, 2.75) is 31.0 Å². The lowest BCUT2D eigenvalue weighted by atomic mass is 10.1. The summed E-state index contributed by atoms with van der Waals surface area (Å²) in [6.45, 7) is 3.11. The first-order chi connectivity index (χ1) is 10.3. The highest BCUT2D eigenvalue weighted by Gasteiger charge is 2.24. The van der Waals surface area contributed by atoms with Gasteiger partial charge < -0.3 is 5.11 Å². The van der Waals surface area contributed by atoms with E-state index in [1.807, 2.05) is 6.26 Å². The molecule has 116 valence electrons. The average molecular weight is 324 g/mol. The van der Waals surface area contributed by atoms with Gasteiger partial charge in [0, 0.05) is 17.8 Å². The number of fused-ring (bicyclic) bond motifs is 3. The molecular weight excluding hydrogens is 310 g/mol. The first-order valence-corrected chi connectivity index (χ1v) is 7.77. The number of thioether (sulfide) groups is 1. The molecule has 0 saturated carbocycles. The summed E-state index contributed by atoms with van der Waals surface area (Å²) < 4.78 is 28.1. The van der Waals surface area contributed by atoms with E-state index in [0.29, 0.717) is 21.9 Å². The molecular formula is C14H14F2N4OS. The Labute approximate surface area is 129 Å². The Morgan fingerprint density at radius 3 is 2.59 bits per heavy atom. The zero-order valence-corrected chi connectivity index (χ0v) is 13.0. The SMILES string of the molecule is CSc1ncc2cc(C(F)F)c3nc(C(C)(C)O)cn3c2n1. The highest BCUT2D eigenvalue weighted by molar-refractivity contribution is 7.98. The summed E-state index contributed by atoms with van der Waals surface area (Å²) in [4.78, 5) is 12.7. The van der Waals surface area contributed by atoms with Gasteiger partial charge in [-0.1, -0.05) is 11.8 Å². The highest BCUT2D eigenvalue weighted by atomic mass is 32.2. The maximum atomic E-state index is 13.3. The van der Waals surface area contributed by atoms with Crippen molar-refractivity contribution in [3.8, 4) is 0 Å². The zero-order valence-electron chi connectivity index (χ0n) is 12.2. The van der Waals surface area contributed by atoms with Crippen LogP contribution in [0.3, 0.4) is 0 Å². The van der Waals surface area contributed by atoms with Crippen LogP contribution in [-0.4, -0.2) is 30.7 Å². The van der Waals surface area contributed by atoms with Gasteiger partial charge >= 0.3 is 0 Å². The van der Waals surface area contributed by atoms with Crippen LogP contribution < -0.4 is 0 Å². The van der Waals surface area contributed by atoms with Gasteiger partial charge in [0.2, 0.25) is 0 Å². The van der Waals surface area contributed by atoms with Crippen molar-refractivity contribution in [1.82, 2.24) is 19.4 Å². The van der Waals surface area contributed by atoms with Crippen LogP contribution >= 0.6 is 11.8 Å². The summed E-state index contributed by atoms with van der Waals surface area (Å²) in [6.07, 6.45) is 2.22. The van der Waals surface area contributed by atoms with E-state index in [2.05, 4.69) is 15.0 Å². The van der Waals surface area contributed by atoms with E-state index in [-0.39, 0.29) is 11.2 Å². The molecule has 0 atom stereocenters. The molecule has 0 fully saturated rings. The largest absolute Gasteiger partial charge is 0.384 e. The fourth-order valence-electron chi connectivity index (χ4n) is 2.19. The number of hydrogen-bond donors (Lipinski definition) is 1. The number of halogens is 2. The molecule has 1 N–H and O–H groups in total. The van der Waals surface area contributed by atoms with Gasteiger partial charge in [-0.2, -0.15) is 0 Å². The Balaban J connectivity index is 2.43. The third-order valence-electron chi connectivity index (χ3n) is 3.32. The normalized spacial score (nSPS) is 12.7. The lowest BCUT2D eigenvalue weighted by Gasteiger charge is -2.12. The number of hydrogen-bond acceptors (Lipinski definition) is 5. The zero-order chi connectivity index (χ0) is 16.1. The molecule has 3 rings (SSSR count). The van der Waals surface area contributed by atoms with Gasteiger partial charge in [-0.15, -0.1) is 0 Å². The standard InChI is InChI=1S/C14H14F2N4OS/c1-14(2,21)9-6-20-11-7(5-17-13(19-11)22-3)4-8(10(15)16)12(20)18-9/h4-6,10,21H,1-3H3. The quantitative estimate of drug-likeness (QED) is 0.592. The molecule has 3 aromatic heterocycles. The minimum atomic E-state index is -2.68. The predicted molar refractivity (Wildman–Crippen MR) is 80.3 cm³/mol. The van der Waals surface area contributed by atoms with E-state index >= 15 is 0 Å². The maximum absolute atomic E-state index is 13.3. The molecule has 0 amide bonds. The van der Waals surface area contributed by atoms with Crippen LogP contribution in [-0.2, 0) is 5.60 Å². The second-order valence-corrected chi connectivity index (χ2v) is 6.19. The Bertz CT molecular complexity index is 857. The van der Waals surface area contributed by atoms with Crippen LogP contribution in [0.4, 0.5) is 8.78 Å². The van der Waals surface area contributed by atoms with Gasteiger partial charge in [-0.25, -0.2) is 23.7 Å². The molecule has 0 unspecified atom stereocenters. The predicted octanol–water partition coefficient (Wildman–Crippen LogP) is 3.16. The van der Waals surface area contributed by atoms with E-state index < -0.39 is 12.0 Å². The Morgan fingerprint density at radius 1 is 1.27 bits per heavy atom. The van der Waals surface area contributed by atoms with Crippen molar-refractivity contribution in [2.75, 3.05) is 6.26 Å². The molecule has 0 radical (unpaired) electrons. The second-order valence-electron chi connectivity index (χ2n) is 5.41. The molecule has 3 aromatic rings. The van der Waals surface area contributed by atoms with Gasteiger partial charge in [0.15, 0.2) is 5.16 Å². The summed E-state index contributed by atoms with van der Waals surface area (Å²) in [6, 6.07) is 1.35. The molecule has 0 aliphatic heterocycles. The van der Waals surface area contributed by atoms with E-state index in [1.54, 1.807) is 20.0 Å². The van der Waals surface area contributed by atoms with Crippen LogP contribution in [0.25, 0.3) is 16.7 Å². The first-order valence-electron chi connectivity index (χ1n) is 6.55. The maximum Gasteiger partial charge on any atom is 0.267 e. The van der Waals surface area contributed by atoms with Crippen LogP contribution in [0, 0.1) is 0 Å². The van der Waals surface area contributed by atoms with Crippen molar-refractivity contribution < 1.29 is 13.9 Å². The molecule has 3 heterocycles. The number of alkyl halides is 2. The summed E-state index contributed by atoms with van der Waals surface area (Å²) in [7, 11) is 0. The summed E-state index contributed by atoms with van der Waals surface area (Å²) in [5.41, 5.74) is -0.533. The topological polar surface area (TPSA) is 63.3 Å². The monoisotopic (exact) mass is 324 g/mol. The van der Waals surface area contributed by atoms with Crippen molar-refractivity contribution in [1.29, 1.82) is 0 Å². The van der Waals surface area contributed by atoms with Crippen molar-refractivity contribution in [3.05, 3.63) is 29.7 Å². The lowest BCUT2D eigenvalue weighted by Crippen LogP contribution is -2.15. The van der Waals surface area contributed by atoms with E-state index in [0.717, 1.165) is 0 Å². The molecule has 0 spiro atoms.